The van der Waals surface area contributed by atoms with Crippen molar-refractivity contribution in [3.8, 4) is 0 Å². The molecule has 0 saturated carbocycles. The highest BCUT2D eigenvalue weighted by Crippen LogP contribution is 2.14. The maximum Gasteiger partial charge on any atom is 0.0967 e. The number of hydrogen-bond acceptors (Lipinski definition) is 1. The smallest absolute Gasteiger partial charge is 0.0967 e. The van der Waals surface area contributed by atoms with Gasteiger partial charge in [-0.3, -0.25) is 5.41 Å². The van der Waals surface area contributed by atoms with E-state index in [4.69, 9.17) is 5.41 Å². The summed E-state index contributed by atoms with van der Waals surface area (Å²) in [5.41, 5.74) is 2.93. The molecule has 0 spiro atoms. The minimum atomic E-state index is 0.479. The van der Waals surface area contributed by atoms with Crippen molar-refractivity contribution in [2.75, 3.05) is 7.05 Å². The molecule has 0 aliphatic rings. The van der Waals surface area contributed by atoms with Gasteiger partial charge in [-0.15, -0.1) is 0 Å². The number of hydrogen-bond donors (Lipinski definition) is 1. The first-order valence-corrected chi connectivity index (χ1v) is 5.44. The van der Waals surface area contributed by atoms with Crippen LogP contribution in [-0.4, -0.2) is 17.8 Å². The Kier molecular flexibility index (Phi) is 6.16. The normalized spacial score (nSPS) is 11.6. The summed E-state index contributed by atoms with van der Waals surface area (Å²) in [6.07, 6.45) is 6.92. The molecule has 0 unspecified atom stereocenters. The molecule has 0 bridgehead atoms. The summed E-state index contributed by atoms with van der Waals surface area (Å²) in [7, 11) is 1.84. The fourth-order valence-corrected chi connectivity index (χ4v) is 1.08. The molecule has 0 saturated heterocycles. The molecule has 0 radical (unpaired) electrons. The summed E-state index contributed by atoms with van der Waals surface area (Å²) < 4.78 is 0. The van der Waals surface area contributed by atoms with E-state index in [2.05, 4.69) is 20.1 Å². The first-order chi connectivity index (χ1) is 7.43. The molecular weight excluding hydrogens is 196 g/mol. The lowest BCUT2D eigenvalue weighted by atomic mass is 10.1. The van der Waals surface area contributed by atoms with Gasteiger partial charge in [0.2, 0.25) is 0 Å². The van der Waals surface area contributed by atoms with Crippen LogP contribution in [0.3, 0.4) is 0 Å². The van der Waals surface area contributed by atoms with E-state index in [-0.39, 0.29) is 0 Å². The molecule has 0 aromatic rings. The number of allylic oxidation sites excluding steroid dienone is 4. The third-order valence-electron chi connectivity index (χ3n) is 2.50. The average Bonchev–Trinajstić information content (AvgIpc) is 2.27. The quantitative estimate of drug-likeness (QED) is 0.423. The zero-order valence-electron chi connectivity index (χ0n) is 10.8. The third-order valence-corrected chi connectivity index (χ3v) is 2.50. The molecule has 0 heterocycles. The van der Waals surface area contributed by atoms with Gasteiger partial charge in [-0.05, 0) is 25.8 Å². The molecule has 2 nitrogen and oxygen atoms in total. The van der Waals surface area contributed by atoms with Crippen molar-refractivity contribution < 1.29 is 0 Å². The van der Waals surface area contributed by atoms with E-state index in [1.54, 1.807) is 11.8 Å². The molecule has 0 aliphatic heterocycles. The lowest BCUT2D eigenvalue weighted by Gasteiger charge is -2.20. The van der Waals surface area contributed by atoms with Crippen molar-refractivity contribution in [3.05, 3.63) is 48.2 Å². The van der Waals surface area contributed by atoms with E-state index in [0.29, 0.717) is 5.84 Å². The van der Waals surface area contributed by atoms with E-state index >= 15 is 0 Å². The van der Waals surface area contributed by atoms with Gasteiger partial charge in [0.05, 0.1) is 5.84 Å². The fraction of sp³-hybridized carbons (Fsp3) is 0.357. The summed E-state index contributed by atoms with van der Waals surface area (Å²) in [6, 6.07) is 0. The van der Waals surface area contributed by atoms with Crippen molar-refractivity contribution in [3.63, 3.8) is 0 Å². The Morgan fingerprint density at radius 1 is 1.31 bits per heavy atom. The van der Waals surface area contributed by atoms with Gasteiger partial charge < -0.3 is 4.90 Å². The molecule has 2 heteroatoms. The van der Waals surface area contributed by atoms with Gasteiger partial charge in [-0.1, -0.05) is 43.9 Å². The molecule has 16 heavy (non-hydrogen) atoms. The van der Waals surface area contributed by atoms with Crippen LogP contribution in [0.15, 0.2) is 48.2 Å². The summed E-state index contributed by atoms with van der Waals surface area (Å²) in [6.45, 7) is 13.7. The number of nitrogens with zero attached hydrogens (tertiary/aromatic N) is 1. The average molecular weight is 218 g/mol. The number of amidine groups is 1. The lowest BCUT2D eigenvalue weighted by molar-refractivity contribution is 0.633. The van der Waals surface area contributed by atoms with Gasteiger partial charge in [0.1, 0.15) is 0 Å². The molecule has 0 atom stereocenters. The summed E-state index contributed by atoms with van der Waals surface area (Å²) in [5.74, 6) is 0.479. The first kappa shape index (κ1) is 14.4. The van der Waals surface area contributed by atoms with Crippen LogP contribution in [0.25, 0.3) is 0 Å². The predicted molar refractivity (Wildman–Crippen MR) is 72.6 cm³/mol. The largest absolute Gasteiger partial charge is 0.334 e. The first-order valence-electron chi connectivity index (χ1n) is 5.44. The van der Waals surface area contributed by atoms with Crippen LogP contribution in [0.2, 0.25) is 0 Å². The van der Waals surface area contributed by atoms with Gasteiger partial charge in [0.15, 0.2) is 0 Å². The van der Waals surface area contributed by atoms with E-state index in [1.807, 2.05) is 32.2 Å². The lowest BCUT2D eigenvalue weighted by Crippen LogP contribution is -2.22. The molecule has 0 fully saturated rings. The molecule has 88 valence electrons. The number of nitrogens with one attached hydrogen (secondary N) is 1. The molecule has 0 rings (SSSR count). The second kappa shape index (κ2) is 6.83. The van der Waals surface area contributed by atoms with Crippen LogP contribution in [0.5, 0.6) is 0 Å². The highest BCUT2D eigenvalue weighted by Gasteiger charge is 2.06. The van der Waals surface area contributed by atoms with Crippen LogP contribution in [0.4, 0.5) is 0 Å². The van der Waals surface area contributed by atoms with E-state index in [1.165, 1.54) is 0 Å². The Morgan fingerprint density at radius 2 is 1.88 bits per heavy atom. The number of rotatable bonds is 5. The zero-order chi connectivity index (χ0) is 12.7. The number of likely N-dealkylation sites (N-methyl/N-ethyl adjacent to an activating group) is 1. The Balaban J connectivity index is 4.78. The highest BCUT2D eigenvalue weighted by molar-refractivity contribution is 5.78. The van der Waals surface area contributed by atoms with Crippen molar-refractivity contribution >= 4 is 5.84 Å². The SMILES string of the molecule is C=C(C=CC(=CC)C(=C)N(C)C(C)=N)CC. The third kappa shape index (κ3) is 4.30. The maximum absolute atomic E-state index is 7.55. The fourth-order valence-electron chi connectivity index (χ4n) is 1.08. The standard InChI is InChI=1S/C14H22N2/c1-7-11(3)9-10-14(8-2)12(4)16(6)13(5)15/h8-10,15H,3-4,7H2,1-2,5-6H3. The minimum Gasteiger partial charge on any atom is -0.334 e. The van der Waals surface area contributed by atoms with Gasteiger partial charge >= 0.3 is 0 Å². The van der Waals surface area contributed by atoms with Crippen molar-refractivity contribution in [1.82, 2.24) is 4.90 Å². The summed E-state index contributed by atoms with van der Waals surface area (Å²) in [4.78, 5) is 1.76. The molecule has 1 N–H and O–H groups in total. The molecule has 0 aromatic heterocycles. The Morgan fingerprint density at radius 3 is 2.25 bits per heavy atom. The van der Waals surface area contributed by atoms with E-state index in [0.717, 1.165) is 23.3 Å². The second-order valence-corrected chi connectivity index (χ2v) is 3.68. The topological polar surface area (TPSA) is 27.1 Å². The van der Waals surface area contributed by atoms with Gasteiger partial charge in [0.25, 0.3) is 0 Å². The molecule has 0 aliphatic carbocycles. The van der Waals surface area contributed by atoms with Crippen molar-refractivity contribution in [1.29, 1.82) is 5.41 Å². The molecule has 0 amide bonds. The van der Waals surface area contributed by atoms with Crippen LogP contribution in [0, 0.1) is 5.41 Å². The van der Waals surface area contributed by atoms with Crippen molar-refractivity contribution in [2.45, 2.75) is 27.2 Å². The van der Waals surface area contributed by atoms with Crippen molar-refractivity contribution in [2.24, 2.45) is 0 Å². The van der Waals surface area contributed by atoms with Gasteiger partial charge in [-0.25, -0.2) is 0 Å². The summed E-state index contributed by atoms with van der Waals surface area (Å²) in [5, 5.41) is 7.55. The second-order valence-electron chi connectivity index (χ2n) is 3.68. The maximum atomic E-state index is 7.55. The van der Waals surface area contributed by atoms with Crippen LogP contribution in [-0.2, 0) is 0 Å². The zero-order valence-corrected chi connectivity index (χ0v) is 10.8. The molecule has 0 aromatic carbocycles. The van der Waals surface area contributed by atoms with Gasteiger partial charge in [-0.2, -0.15) is 0 Å². The van der Waals surface area contributed by atoms with Crippen LogP contribution < -0.4 is 0 Å². The van der Waals surface area contributed by atoms with Crippen LogP contribution >= 0.6 is 0 Å². The Hall–Kier alpha value is -1.57. The van der Waals surface area contributed by atoms with E-state index < -0.39 is 0 Å². The summed E-state index contributed by atoms with van der Waals surface area (Å²) >= 11 is 0. The Bertz CT molecular complexity index is 346. The minimum absolute atomic E-state index is 0.479. The van der Waals surface area contributed by atoms with E-state index in [9.17, 15) is 0 Å². The predicted octanol–water partition coefficient (Wildman–Crippen LogP) is 3.90. The highest BCUT2D eigenvalue weighted by atomic mass is 15.1. The monoisotopic (exact) mass is 218 g/mol. The Labute approximate surface area is 99.2 Å². The van der Waals surface area contributed by atoms with Gasteiger partial charge in [0, 0.05) is 12.7 Å². The molecular formula is C14H22N2. The van der Waals surface area contributed by atoms with Crippen LogP contribution in [0.1, 0.15) is 27.2 Å².